The highest BCUT2D eigenvalue weighted by Gasteiger charge is 2.45. The summed E-state index contributed by atoms with van der Waals surface area (Å²) < 4.78 is 31.9. The van der Waals surface area contributed by atoms with Gasteiger partial charge in [0.15, 0.2) is 5.54 Å². The van der Waals surface area contributed by atoms with Gasteiger partial charge in [-0.3, -0.25) is 4.79 Å². The van der Waals surface area contributed by atoms with Crippen LogP contribution in [0.25, 0.3) is 0 Å². The number of carboxylic acid groups (broad SMARTS) is 1. The van der Waals surface area contributed by atoms with Crippen LogP contribution in [0.4, 0.5) is 0 Å². The van der Waals surface area contributed by atoms with Gasteiger partial charge in [-0.2, -0.15) is 0 Å². The van der Waals surface area contributed by atoms with Gasteiger partial charge in [0.1, 0.15) is 0 Å². The Bertz CT molecular complexity index is 789. The van der Waals surface area contributed by atoms with Gasteiger partial charge in [0.2, 0.25) is 15.9 Å². The smallest absolute Gasteiger partial charge is 0.331 e. The zero-order valence-corrected chi connectivity index (χ0v) is 15.8. The Kier molecular flexibility index (Phi) is 5.83. The molecule has 9 heteroatoms. The van der Waals surface area contributed by atoms with E-state index in [1.807, 2.05) is 6.07 Å². The summed E-state index contributed by atoms with van der Waals surface area (Å²) in [7, 11) is -3.55. The van der Waals surface area contributed by atoms with Crippen molar-refractivity contribution < 1.29 is 27.9 Å². The molecular weight excluding hydrogens is 372 g/mol. The van der Waals surface area contributed by atoms with Crippen molar-refractivity contribution in [3.05, 3.63) is 35.9 Å². The maximum absolute atomic E-state index is 12.7. The number of carboxylic acids is 1. The summed E-state index contributed by atoms with van der Waals surface area (Å²) in [5.41, 5.74) is -0.723. The highest BCUT2D eigenvalue weighted by Crippen LogP contribution is 2.24. The maximum Gasteiger partial charge on any atom is 0.331 e. The van der Waals surface area contributed by atoms with Gasteiger partial charge in [-0.05, 0) is 18.4 Å². The van der Waals surface area contributed by atoms with Crippen LogP contribution in [-0.4, -0.2) is 61.5 Å². The molecule has 2 heterocycles. The molecule has 0 aliphatic carbocycles. The number of nitrogens with zero attached hydrogens (tertiary/aromatic N) is 1. The highest BCUT2D eigenvalue weighted by molar-refractivity contribution is 7.88. The largest absolute Gasteiger partial charge is 0.479 e. The van der Waals surface area contributed by atoms with E-state index in [1.54, 1.807) is 24.3 Å². The van der Waals surface area contributed by atoms with Crippen LogP contribution in [0.15, 0.2) is 30.3 Å². The standard InChI is InChI=1S/C18H24N2O6S/c21-16(19-18(17(22)23)8-10-26-13-18)15-7-4-9-20(11-15)27(24,25)12-14-5-2-1-3-6-14/h1-3,5-6,15H,4,7-13H2,(H,19,21)(H,22,23). The minimum absolute atomic E-state index is 0.0670. The van der Waals surface area contributed by atoms with Crippen molar-refractivity contribution in [1.82, 2.24) is 9.62 Å². The molecule has 2 aliphatic heterocycles. The third-order valence-electron chi connectivity index (χ3n) is 5.13. The molecule has 1 amide bonds. The van der Waals surface area contributed by atoms with Crippen molar-refractivity contribution in [2.45, 2.75) is 30.6 Å². The Morgan fingerprint density at radius 1 is 1.30 bits per heavy atom. The fraction of sp³-hybridized carbons (Fsp3) is 0.556. The first-order valence-electron chi connectivity index (χ1n) is 8.97. The number of aliphatic carboxylic acids is 1. The molecule has 8 nitrogen and oxygen atoms in total. The molecule has 3 rings (SSSR count). The van der Waals surface area contributed by atoms with Gasteiger partial charge >= 0.3 is 5.97 Å². The summed E-state index contributed by atoms with van der Waals surface area (Å²) in [4.78, 5) is 24.2. The summed E-state index contributed by atoms with van der Waals surface area (Å²) in [6, 6.07) is 8.89. The van der Waals surface area contributed by atoms with E-state index in [0.29, 0.717) is 24.9 Å². The quantitative estimate of drug-likeness (QED) is 0.728. The van der Waals surface area contributed by atoms with Crippen LogP contribution in [0, 0.1) is 5.92 Å². The normalized spacial score (nSPS) is 26.6. The first-order chi connectivity index (χ1) is 12.8. The monoisotopic (exact) mass is 396 g/mol. The fourth-order valence-corrected chi connectivity index (χ4v) is 5.12. The Morgan fingerprint density at radius 2 is 2.04 bits per heavy atom. The molecule has 0 aromatic heterocycles. The molecule has 2 atom stereocenters. The van der Waals surface area contributed by atoms with Crippen LogP contribution in [0.5, 0.6) is 0 Å². The van der Waals surface area contributed by atoms with Gasteiger partial charge in [-0.25, -0.2) is 17.5 Å². The lowest BCUT2D eigenvalue weighted by Gasteiger charge is -2.33. The molecular formula is C18H24N2O6S. The molecule has 2 N–H and O–H groups in total. The Labute approximate surface area is 158 Å². The van der Waals surface area contributed by atoms with Gasteiger partial charge in [0, 0.05) is 26.1 Å². The molecule has 1 aromatic rings. The molecule has 1 aromatic carbocycles. The van der Waals surface area contributed by atoms with E-state index in [2.05, 4.69) is 5.32 Å². The molecule has 2 saturated heterocycles. The number of sulfonamides is 1. The van der Waals surface area contributed by atoms with Crippen LogP contribution in [0.3, 0.4) is 0 Å². The minimum Gasteiger partial charge on any atom is -0.479 e. The average Bonchev–Trinajstić information content (AvgIpc) is 3.12. The number of piperidine rings is 1. The molecule has 2 aliphatic rings. The van der Waals surface area contributed by atoms with E-state index in [1.165, 1.54) is 4.31 Å². The van der Waals surface area contributed by atoms with Gasteiger partial charge in [-0.1, -0.05) is 30.3 Å². The predicted molar refractivity (Wildman–Crippen MR) is 97.3 cm³/mol. The van der Waals surface area contributed by atoms with Crippen LogP contribution in [0.1, 0.15) is 24.8 Å². The van der Waals surface area contributed by atoms with Gasteiger partial charge in [0.05, 0.1) is 18.3 Å². The van der Waals surface area contributed by atoms with Gasteiger partial charge in [-0.15, -0.1) is 0 Å². The number of benzene rings is 1. The summed E-state index contributed by atoms with van der Waals surface area (Å²) >= 11 is 0. The second-order valence-corrected chi connectivity index (χ2v) is 9.09. The van der Waals surface area contributed by atoms with Crippen molar-refractivity contribution >= 4 is 21.9 Å². The number of rotatable bonds is 6. The molecule has 0 radical (unpaired) electrons. The number of hydrogen-bond acceptors (Lipinski definition) is 5. The second kappa shape index (κ2) is 7.95. The molecule has 2 unspecified atom stereocenters. The van der Waals surface area contributed by atoms with E-state index in [9.17, 15) is 23.1 Å². The lowest BCUT2D eigenvalue weighted by Crippen LogP contribution is -2.58. The molecule has 27 heavy (non-hydrogen) atoms. The van der Waals surface area contributed by atoms with E-state index in [0.717, 1.165) is 0 Å². The zero-order chi connectivity index (χ0) is 19.5. The first-order valence-corrected chi connectivity index (χ1v) is 10.6. The van der Waals surface area contributed by atoms with E-state index in [-0.39, 0.29) is 31.9 Å². The van der Waals surface area contributed by atoms with Gasteiger partial charge in [0.25, 0.3) is 0 Å². The number of ether oxygens (including phenoxy) is 1. The summed E-state index contributed by atoms with van der Waals surface area (Å²) in [5, 5.41) is 12.1. The van der Waals surface area contributed by atoms with Crippen LogP contribution in [-0.2, 0) is 30.1 Å². The first kappa shape index (κ1) is 19.8. The summed E-state index contributed by atoms with van der Waals surface area (Å²) in [5.74, 6) is -2.24. The fourth-order valence-electron chi connectivity index (χ4n) is 3.51. The molecule has 0 bridgehead atoms. The van der Waals surface area contributed by atoms with E-state index < -0.39 is 33.4 Å². The second-order valence-electron chi connectivity index (χ2n) is 7.12. The summed E-state index contributed by atoms with van der Waals surface area (Å²) in [6.07, 6.45) is 1.29. The van der Waals surface area contributed by atoms with Crippen molar-refractivity contribution in [2.75, 3.05) is 26.3 Å². The zero-order valence-electron chi connectivity index (χ0n) is 15.0. The lowest BCUT2D eigenvalue weighted by atomic mass is 9.94. The lowest BCUT2D eigenvalue weighted by molar-refractivity contribution is -0.148. The van der Waals surface area contributed by atoms with E-state index in [4.69, 9.17) is 4.74 Å². The SMILES string of the molecule is O=C(NC1(C(=O)O)CCOC1)C1CCCN(S(=O)(=O)Cc2ccccc2)C1. The Morgan fingerprint density at radius 3 is 2.67 bits per heavy atom. The Balaban J connectivity index is 1.66. The average molecular weight is 396 g/mol. The van der Waals surface area contributed by atoms with E-state index >= 15 is 0 Å². The number of carbonyl (C=O) groups excluding carboxylic acids is 1. The van der Waals surface area contributed by atoms with Gasteiger partial charge < -0.3 is 15.2 Å². The topological polar surface area (TPSA) is 113 Å². The number of hydrogen-bond donors (Lipinski definition) is 2. The predicted octanol–water partition coefficient (Wildman–Crippen LogP) is 0.588. The maximum atomic E-state index is 12.7. The van der Waals surface area contributed by atoms with Crippen molar-refractivity contribution in [1.29, 1.82) is 0 Å². The highest BCUT2D eigenvalue weighted by atomic mass is 32.2. The number of amides is 1. The number of nitrogens with one attached hydrogen (secondary N) is 1. The molecule has 0 spiro atoms. The molecule has 0 saturated carbocycles. The third kappa shape index (κ3) is 4.48. The minimum atomic E-state index is -3.55. The molecule has 148 valence electrons. The van der Waals surface area contributed by atoms with Crippen molar-refractivity contribution in [3.63, 3.8) is 0 Å². The van der Waals surface area contributed by atoms with Crippen molar-refractivity contribution in [2.24, 2.45) is 5.92 Å². The Hall–Kier alpha value is -1.97. The molecule has 2 fully saturated rings. The van der Waals surface area contributed by atoms with Crippen LogP contribution in [0.2, 0.25) is 0 Å². The third-order valence-corrected chi connectivity index (χ3v) is 6.95. The van der Waals surface area contributed by atoms with Crippen LogP contribution >= 0.6 is 0 Å². The number of carbonyl (C=O) groups is 2. The van der Waals surface area contributed by atoms with Crippen molar-refractivity contribution in [3.8, 4) is 0 Å². The van der Waals surface area contributed by atoms with Crippen LogP contribution < -0.4 is 5.32 Å². The summed E-state index contributed by atoms with van der Waals surface area (Å²) in [6.45, 7) is 0.634.